The smallest absolute Gasteiger partial charge is 0.289 e. The van der Waals surface area contributed by atoms with Gasteiger partial charge in [0.25, 0.3) is 11.6 Å². The van der Waals surface area contributed by atoms with Gasteiger partial charge < -0.3 is 5.11 Å². The summed E-state index contributed by atoms with van der Waals surface area (Å²) < 4.78 is 51.1. The second-order valence-corrected chi connectivity index (χ2v) is 5.72. The number of nitrogens with zero attached hydrogens (tertiary/aromatic N) is 1. The van der Waals surface area contributed by atoms with Crippen LogP contribution in [-0.2, 0) is 10.0 Å². The fourth-order valence-corrected chi connectivity index (χ4v) is 2.91. The third-order valence-corrected chi connectivity index (χ3v) is 4.00. The number of benzene rings is 1. The van der Waals surface area contributed by atoms with Crippen LogP contribution in [0.1, 0.15) is 5.56 Å². The number of nitrogens with one attached hydrogen (secondary N) is 1. The molecule has 0 unspecified atom stereocenters. The van der Waals surface area contributed by atoms with Crippen LogP contribution in [0.3, 0.4) is 0 Å². The van der Waals surface area contributed by atoms with Crippen molar-refractivity contribution in [3.8, 4) is 0 Å². The van der Waals surface area contributed by atoms with E-state index in [1.165, 1.54) is 19.1 Å². The fraction of sp³-hybridized carbons (Fsp3) is 0.400. The van der Waals surface area contributed by atoms with Gasteiger partial charge in [0, 0.05) is 6.07 Å². The normalized spacial score (nSPS) is 12.4. The largest absolute Gasteiger partial charge is 0.390 e. The van der Waals surface area contributed by atoms with E-state index in [2.05, 4.69) is 0 Å². The van der Waals surface area contributed by atoms with E-state index in [0.29, 0.717) is 0 Å². The molecule has 0 aliphatic carbocycles. The number of hydrogen-bond donors (Lipinski definition) is 2. The molecule has 0 aliphatic heterocycles. The molecule has 1 aromatic rings. The van der Waals surface area contributed by atoms with Crippen LogP contribution < -0.4 is 4.72 Å². The molecule has 7 nitrogen and oxygen atoms in total. The Labute approximate surface area is 113 Å². The van der Waals surface area contributed by atoms with Crippen LogP contribution in [0.15, 0.2) is 23.1 Å². The summed E-state index contributed by atoms with van der Waals surface area (Å²) in [6.45, 7) is -1.57. The van der Waals surface area contributed by atoms with Gasteiger partial charge >= 0.3 is 0 Å². The predicted octanol–water partition coefficient (Wildman–Crippen LogP) is 0.809. The molecule has 20 heavy (non-hydrogen) atoms. The van der Waals surface area contributed by atoms with Crippen LogP contribution in [0, 0.1) is 17.0 Å². The third kappa shape index (κ3) is 3.68. The van der Waals surface area contributed by atoms with E-state index in [4.69, 9.17) is 5.11 Å². The van der Waals surface area contributed by atoms with Gasteiger partial charge in [0.15, 0.2) is 4.90 Å². The van der Waals surface area contributed by atoms with Gasteiger partial charge in [0.05, 0.1) is 11.5 Å². The molecule has 0 bridgehead atoms. The molecule has 0 spiro atoms. The average molecular weight is 310 g/mol. The Morgan fingerprint density at radius 3 is 2.55 bits per heavy atom. The van der Waals surface area contributed by atoms with Crippen molar-refractivity contribution in [1.82, 2.24) is 4.72 Å². The van der Waals surface area contributed by atoms with Gasteiger partial charge in [0.1, 0.15) is 6.61 Å². The molecular formula is C10H12F2N2O5S. The highest BCUT2D eigenvalue weighted by Gasteiger charge is 2.33. The highest BCUT2D eigenvalue weighted by Crippen LogP contribution is 2.27. The molecule has 0 saturated heterocycles. The highest BCUT2D eigenvalue weighted by molar-refractivity contribution is 7.89. The molecular weight excluding hydrogens is 298 g/mol. The average Bonchev–Trinajstić information content (AvgIpc) is 2.36. The van der Waals surface area contributed by atoms with Crippen LogP contribution in [0.4, 0.5) is 14.5 Å². The van der Waals surface area contributed by atoms with Crippen molar-refractivity contribution in [2.45, 2.75) is 17.7 Å². The monoisotopic (exact) mass is 310 g/mol. The van der Waals surface area contributed by atoms with Crippen molar-refractivity contribution in [1.29, 1.82) is 0 Å². The molecule has 0 amide bonds. The molecule has 0 fully saturated rings. The van der Waals surface area contributed by atoms with Crippen molar-refractivity contribution in [3.05, 3.63) is 33.9 Å². The molecule has 112 valence electrons. The lowest BCUT2D eigenvalue weighted by Crippen LogP contribution is -2.39. The van der Waals surface area contributed by atoms with Gasteiger partial charge in [-0.05, 0) is 12.5 Å². The van der Waals surface area contributed by atoms with Crippen molar-refractivity contribution in [2.75, 3.05) is 13.2 Å². The van der Waals surface area contributed by atoms with Gasteiger partial charge in [-0.2, -0.15) is 0 Å². The Hall–Kier alpha value is -1.65. The zero-order chi connectivity index (χ0) is 15.6. The quantitative estimate of drug-likeness (QED) is 0.597. The number of halogens is 2. The van der Waals surface area contributed by atoms with Crippen LogP contribution in [-0.4, -0.2) is 37.5 Å². The maximum absolute atomic E-state index is 12.8. The lowest BCUT2D eigenvalue weighted by atomic mass is 10.2. The van der Waals surface area contributed by atoms with E-state index in [0.717, 1.165) is 6.07 Å². The number of aryl methyl sites for hydroxylation is 1. The summed E-state index contributed by atoms with van der Waals surface area (Å²) >= 11 is 0. The van der Waals surface area contributed by atoms with E-state index in [1.54, 1.807) is 4.72 Å². The number of sulfonamides is 1. The van der Waals surface area contributed by atoms with Gasteiger partial charge in [0.2, 0.25) is 10.0 Å². The van der Waals surface area contributed by atoms with Crippen molar-refractivity contribution >= 4 is 15.7 Å². The first kappa shape index (κ1) is 16.4. The van der Waals surface area contributed by atoms with E-state index in [-0.39, 0.29) is 5.56 Å². The first-order valence-corrected chi connectivity index (χ1v) is 6.81. The van der Waals surface area contributed by atoms with Crippen LogP contribution in [0.2, 0.25) is 0 Å². The predicted molar refractivity (Wildman–Crippen MR) is 65.1 cm³/mol. The molecule has 2 N–H and O–H groups in total. The van der Waals surface area contributed by atoms with E-state index >= 15 is 0 Å². The minimum atomic E-state index is -4.49. The number of aliphatic hydroxyl groups is 1. The summed E-state index contributed by atoms with van der Waals surface area (Å²) in [6.07, 6.45) is 0. The summed E-state index contributed by atoms with van der Waals surface area (Å²) in [7, 11) is -4.49. The topological polar surface area (TPSA) is 110 Å². The van der Waals surface area contributed by atoms with Gasteiger partial charge in [-0.25, -0.2) is 21.9 Å². The lowest BCUT2D eigenvalue weighted by molar-refractivity contribution is -0.387. The Balaban J connectivity index is 3.20. The summed E-state index contributed by atoms with van der Waals surface area (Å²) in [5.74, 6) is -3.65. The van der Waals surface area contributed by atoms with E-state index in [1.807, 2.05) is 0 Å². The highest BCUT2D eigenvalue weighted by atomic mass is 32.2. The molecule has 0 atom stereocenters. The summed E-state index contributed by atoms with van der Waals surface area (Å²) in [4.78, 5) is 9.22. The molecule has 0 heterocycles. The molecule has 0 aromatic heterocycles. The second kappa shape index (κ2) is 5.77. The molecule has 0 aliphatic rings. The number of nitro groups is 1. The maximum atomic E-state index is 12.8. The Morgan fingerprint density at radius 1 is 1.45 bits per heavy atom. The number of aliphatic hydroxyl groups excluding tert-OH is 1. The Bertz CT molecular complexity index is 618. The summed E-state index contributed by atoms with van der Waals surface area (Å²) in [5, 5.41) is 19.2. The lowest BCUT2D eigenvalue weighted by Gasteiger charge is -2.15. The van der Waals surface area contributed by atoms with Crippen molar-refractivity contribution in [3.63, 3.8) is 0 Å². The number of nitro benzene ring substituents is 1. The fourth-order valence-electron chi connectivity index (χ4n) is 1.46. The minimum Gasteiger partial charge on any atom is -0.390 e. The molecule has 10 heteroatoms. The zero-order valence-electron chi connectivity index (χ0n) is 10.3. The van der Waals surface area contributed by atoms with E-state index < -0.39 is 44.6 Å². The van der Waals surface area contributed by atoms with Crippen LogP contribution in [0.25, 0.3) is 0 Å². The molecule has 1 rings (SSSR count). The standard InChI is InChI=1S/C10H12F2N2O5S/c1-7-3-2-4-8(14(16)17)9(7)20(18,19)13-5-10(11,12)6-15/h2-4,13,15H,5-6H2,1H3. The Morgan fingerprint density at radius 2 is 2.05 bits per heavy atom. The van der Waals surface area contributed by atoms with Crippen molar-refractivity contribution < 1.29 is 27.2 Å². The number of hydrogen-bond acceptors (Lipinski definition) is 5. The zero-order valence-corrected chi connectivity index (χ0v) is 11.2. The first-order chi connectivity index (χ1) is 9.10. The number of rotatable bonds is 6. The SMILES string of the molecule is Cc1cccc([N+](=O)[O-])c1S(=O)(=O)NCC(F)(F)CO. The van der Waals surface area contributed by atoms with Gasteiger partial charge in [-0.3, -0.25) is 10.1 Å². The first-order valence-electron chi connectivity index (χ1n) is 5.33. The maximum Gasteiger partial charge on any atom is 0.289 e. The van der Waals surface area contributed by atoms with E-state index in [9.17, 15) is 27.3 Å². The summed E-state index contributed by atoms with van der Waals surface area (Å²) in [6, 6.07) is 3.56. The molecule has 0 saturated carbocycles. The third-order valence-electron chi connectivity index (χ3n) is 2.41. The molecule has 0 radical (unpaired) electrons. The number of alkyl halides is 2. The Kier molecular flexibility index (Phi) is 4.73. The van der Waals surface area contributed by atoms with Crippen molar-refractivity contribution in [2.24, 2.45) is 0 Å². The van der Waals surface area contributed by atoms with Crippen LogP contribution >= 0.6 is 0 Å². The van der Waals surface area contributed by atoms with Gasteiger partial charge in [-0.1, -0.05) is 12.1 Å². The summed E-state index contributed by atoms with van der Waals surface area (Å²) in [5.41, 5.74) is -0.649. The van der Waals surface area contributed by atoms with Gasteiger partial charge in [-0.15, -0.1) is 0 Å². The molecule has 1 aromatic carbocycles. The second-order valence-electron chi connectivity index (χ2n) is 4.02. The minimum absolute atomic E-state index is 0.0546. The van der Waals surface area contributed by atoms with Crippen LogP contribution in [0.5, 0.6) is 0 Å².